The lowest BCUT2D eigenvalue weighted by atomic mass is 9.72. The minimum atomic E-state index is -0.300. The number of fused-ring (bicyclic) bond motifs is 3. The van der Waals surface area contributed by atoms with Gasteiger partial charge in [-0.1, -0.05) is 51.1 Å². The summed E-state index contributed by atoms with van der Waals surface area (Å²) in [6.45, 7) is 6.87. The number of halogens is 1. The Bertz CT molecular complexity index is 1420. The Hall–Kier alpha value is -3.32. The number of anilines is 1. The molecule has 0 spiro atoms. The number of thiophene rings is 1. The number of para-hydroxylation sites is 1. The molecule has 1 N–H and O–H groups in total. The van der Waals surface area contributed by atoms with Crippen molar-refractivity contribution < 1.29 is 4.39 Å². The maximum atomic E-state index is 13.8. The summed E-state index contributed by atoms with van der Waals surface area (Å²) < 4.78 is 14.8. The minimum absolute atomic E-state index is 0.0811. The molecule has 1 aliphatic rings. The molecular weight excluding hydrogens is 447 g/mol. The van der Waals surface area contributed by atoms with E-state index >= 15 is 0 Å². The first-order valence-electron chi connectivity index (χ1n) is 11.5. The lowest BCUT2D eigenvalue weighted by Crippen LogP contribution is -2.27. The second kappa shape index (κ2) is 8.80. The van der Waals surface area contributed by atoms with E-state index in [1.54, 1.807) is 34.3 Å². The minimum Gasteiger partial charge on any atom is -0.268 e. The van der Waals surface area contributed by atoms with Crippen molar-refractivity contribution in [1.82, 2.24) is 9.55 Å². The average molecular weight is 475 g/mol. The van der Waals surface area contributed by atoms with Gasteiger partial charge >= 0.3 is 0 Å². The van der Waals surface area contributed by atoms with Gasteiger partial charge in [0.05, 0.1) is 17.3 Å². The SMILES string of the molecule is CC(C)(C)C1CCc2c(sc3nc(N/N=C/c4ccc(F)cc4)n(-c4ccccc4)c(=O)c23)C1. The lowest BCUT2D eigenvalue weighted by Gasteiger charge is -2.33. The number of hydrogen-bond donors (Lipinski definition) is 1. The second-order valence-corrected chi connectivity index (χ2v) is 10.9. The van der Waals surface area contributed by atoms with Gasteiger partial charge in [0.25, 0.3) is 5.56 Å². The van der Waals surface area contributed by atoms with E-state index in [0.717, 1.165) is 46.3 Å². The van der Waals surface area contributed by atoms with Gasteiger partial charge in [-0.25, -0.2) is 19.4 Å². The monoisotopic (exact) mass is 474 g/mol. The van der Waals surface area contributed by atoms with Crippen molar-refractivity contribution in [3.05, 3.63) is 86.8 Å². The van der Waals surface area contributed by atoms with Gasteiger partial charge in [-0.2, -0.15) is 5.10 Å². The molecule has 2 aromatic heterocycles. The molecule has 0 aliphatic heterocycles. The zero-order valence-corrected chi connectivity index (χ0v) is 20.3. The van der Waals surface area contributed by atoms with Crippen LogP contribution < -0.4 is 11.0 Å². The molecule has 34 heavy (non-hydrogen) atoms. The average Bonchev–Trinajstić information content (AvgIpc) is 3.18. The maximum Gasteiger partial charge on any atom is 0.268 e. The van der Waals surface area contributed by atoms with Gasteiger partial charge < -0.3 is 0 Å². The zero-order chi connectivity index (χ0) is 23.9. The van der Waals surface area contributed by atoms with E-state index in [0.29, 0.717) is 11.9 Å². The molecule has 0 fully saturated rings. The van der Waals surface area contributed by atoms with E-state index in [-0.39, 0.29) is 16.8 Å². The molecule has 5 rings (SSSR count). The molecule has 0 amide bonds. The zero-order valence-electron chi connectivity index (χ0n) is 19.5. The van der Waals surface area contributed by atoms with Crippen molar-refractivity contribution in [2.24, 2.45) is 16.4 Å². The molecule has 7 heteroatoms. The summed E-state index contributed by atoms with van der Waals surface area (Å²) >= 11 is 1.63. The van der Waals surface area contributed by atoms with Crippen LogP contribution in [-0.2, 0) is 12.8 Å². The van der Waals surface area contributed by atoms with E-state index in [1.165, 1.54) is 17.0 Å². The Morgan fingerprint density at radius 1 is 1.15 bits per heavy atom. The normalized spacial score (nSPS) is 16.2. The first-order chi connectivity index (χ1) is 16.3. The molecule has 1 aliphatic carbocycles. The van der Waals surface area contributed by atoms with Crippen LogP contribution in [0.1, 0.15) is 43.2 Å². The fraction of sp³-hybridized carbons (Fsp3) is 0.296. The van der Waals surface area contributed by atoms with Gasteiger partial charge in [0.15, 0.2) is 0 Å². The number of aryl methyl sites for hydroxylation is 1. The number of rotatable bonds is 4. The molecule has 4 aromatic rings. The lowest BCUT2D eigenvalue weighted by molar-refractivity contribution is 0.218. The van der Waals surface area contributed by atoms with Crippen LogP contribution in [0, 0.1) is 17.2 Å². The van der Waals surface area contributed by atoms with E-state index in [1.807, 2.05) is 30.3 Å². The van der Waals surface area contributed by atoms with Gasteiger partial charge in [-0.05, 0) is 66.0 Å². The molecule has 0 saturated carbocycles. The van der Waals surface area contributed by atoms with Crippen LogP contribution in [-0.4, -0.2) is 15.8 Å². The van der Waals surface area contributed by atoms with Gasteiger partial charge in [0.1, 0.15) is 10.6 Å². The Labute approximate surface area is 202 Å². The van der Waals surface area contributed by atoms with Gasteiger partial charge in [-0.3, -0.25) is 4.79 Å². The van der Waals surface area contributed by atoms with E-state index < -0.39 is 0 Å². The summed E-state index contributed by atoms with van der Waals surface area (Å²) in [5.41, 5.74) is 5.73. The number of hydrogen-bond acceptors (Lipinski definition) is 5. The van der Waals surface area contributed by atoms with Crippen molar-refractivity contribution in [2.75, 3.05) is 5.43 Å². The first kappa shape index (κ1) is 22.5. The molecule has 2 aromatic carbocycles. The molecule has 0 saturated heterocycles. The maximum absolute atomic E-state index is 13.8. The molecular formula is C27H27FN4OS. The fourth-order valence-corrected chi connectivity index (χ4v) is 5.86. The molecule has 5 nitrogen and oxygen atoms in total. The summed E-state index contributed by atoms with van der Waals surface area (Å²) in [5.74, 6) is 0.640. The molecule has 1 atom stereocenters. The van der Waals surface area contributed by atoms with Crippen molar-refractivity contribution in [1.29, 1.82) is 0 Å². The third-order valence-corrected chi connectivity index (χ3v) is 7.72. The number of benzene rings is 2. The number of aromatic nitrogens is 2. The Kier molecular flexibility index (Phi) is 5.81. The van der Waals surface area contributed by atoms with Crippen LogP contribution in [0.3, 0.4) is 0 Å². The van der Waals surface area contributed by atoms with Crippen LogP contribution in [0.15, 0.2) is 64.5 Å². The predicted molar refractivity (Wildman–Crippen MR) is 138 cm³/mol. The summed E-state index contributed by atoms with van der Waals surface area (Å²) in [7, 11) is 0. The van der Waals surface area contributed by atoms with Gasteiger partial charge in [0.2, 0.25) is 5.95 Å². The van der Waals surface area contributed by atoms with Crippen LogP contribution in [0.25, 0.3) is 15.9 Å². The Balaban J connectivity index is 1.60. The van der Waals surface area contributed by atoms with Crippen LogP contribution in [0.4, 0.5) is 10.3 Å². The number of nitrogens with one attached hydrogen (secondary N) is 1. The standard InChI is InChI=1S/C27H27FN4OS/c1-27(2,3)18-11-14-21-22(15-18)34-24-23(21)25(33)32(20-7-5-4-6-8-20)26(30-24)31-29-16-17-9-12-19(28)13-10-17/h4-10,12-13,16,18H,11,14-15H2,1-3H3,(H,30,31)/b29-16+. The van der Waals surface area contributed by atoms with Crippen LogP contribution in [0.2, 0.25) is 0 Å². The van der Waals surface area contributed by atoms with Crippen LogP contribution in [0.5, 0.6) is 0 Å². The second-order valence-electron chi connectivity index (χ2n) is 9.82. The Morgan fingerprint density at radius 3 is 2.59 bits per heavy atom. The molecule has 1 unspecified atom stereocenters. The predicted octanol–water partition coefficient (Wildman–Crippen LogP) is 6.18. The number of hydrazone groups is 1. The summed E-state index contributed by atoms with van der Waals surface area (Å²) in [6.07, 6.45) is 4.54. The van der Waals surface area contributed by atoms with E-state index in [4.69, 9.17) is 4.98 Å². The smallest absolute Gasteiger partial charge is 0.268 e. The summed E-state index contributed by atoms with van der Waals surface area (Å²) in [4.78, 5) is 20.7. The highest BCUT2D eigenvalue weighted by molar-refractivity contribution is 7.18. The molecule has 2 heterocycles. The Morgan fingerprint density at radius 2 is 1.88 bits per heavy atom. The highest BCUT2D eigenvalue weighted by Crippen LogP contribution is 2.42. The first-order valence-corrected chi connectivity index (χ1v) is 12.3. The summed E-state index contributed by atoms with van der Waals surface area (Å²) in [6, 6.07) is 15.5. The topological polar surface area (TPSA) is 59.3 Å². The van der Waals surface area contributed by atoms with Crippen molar-refractivity contribution >= 4 is 33.7 Å². The highest BCUT2D eigenvalue weighted by Gasteiger charge is 2.32. The van der Waals surface area contributed by atoms with Crippen molar-refractivity contribution in [3.8, 4) is 5.69 Å². The molecule has 0 bridgehead atoms. The highest BCUT2D eigenvalue weighted by atomic mass is 32.1. The number of nitrogens with zero attached hydrogens (tertiary/aromatic N) is 3. The third kappa shape index (κ3) is 4.28. The fourth-order valence-electron chi connectivity index (χ4n) is 4.57. The van der Waals surface area contributed by atoms with E-state index in [9.17, 15) is 9.18 Å². The summed E-state index contributed by atoms with van der Waals surface area (Å²) in [5, 5.41) is 5.01. The largest absolute Gasteiger partial charge is 0.268 e. The van der Waals surface area contributed by atoms with Crippen LogP contribution >= 0.6 is 11.3 Å². The third-order valence-electron chi connectivity index (χ3n) is 6.57. The van der Waals surface area contributed by atoms with Crippen molar-refractivity contribution in [3.63, 3.8) is 0 Å². The van der Waals surface area contributed by atoms with Crippen molar-refractivity contribution in [2.45, 2.75) is 40.0 Å². The van der Waals surface area contributed by atoms with E-state index in [2.05, 4.69) is 31.3 Å². The quantitative estimate of drug-likeness (QED) is 0.284. The molecule has 174 valence electrons. The van der Waals surface area contributed by atoms with Gasteiger partial charge in [0, 0.05) is 4.88 Å². The van der Waals surface area contributed by atoms with Gasteiger partial charge in [-0.15, -0.1) is 11.3 Å². The molecule has 0 radical (unpaired) electrons.